The number of aliphatic hydroxyl groups excluding tert-OH is 2. The van der Waals surface area contributed by atoms with Gasteiger partial charge in [-0.05, 0) is 17.8 Å². The predicted octanol–water partition coefficient (Wildman–Crippen LogP) is -0.971. The van der Waals surface area contributed by atoms with Gasteiger partial charge >= 0.3 is 0 Å². The van der Waals surface area contributed by atoms with Gasteiger partial charge in [0.15, 0.2) is 0 Å². The molecule has 1 aliphatic rings. The largest absolute Gasteiger partial charge is 0.396 e. The molecule has 0 heterocycles. The number of rotatable bonds is 3. The standard InChI is InChI=1S/C6H13BO2/c7-3-6(4-9)1-5(6)2-8/h5,8-9H,1-4,7H2/t5-,6-/m1/s1. The summed E-state index contributed by atoms with van der Waals surface area (Å²) >= 11 is 0. The van der Waals surface area contributed by atoms with Gasteiger partial charge in [0.05, 0.1) is 0 Å². The second-order valence-electron chi connectivity index (χ2n) is 2.96. The Bertz CT molecular complexity index is 101. The molecule has 2 N–H and O–H groups in total. The van der Waals surface area contributed by atoms with Crippen LogP contribution in [0.5, 0.6) is 0 Å². The van der Waals surface area contributed by atoms with E-state index in [-0.39, 0.29) is 18.6 Å². The van der Waals surface area contributed by atoms with Crippen molar-refractivity contribution in [3.63, 3.8) is 0 Å². The van der Waals surface area contributed by atoms with E-state index >= 15 is 0 Å². The molecule has 0 spiro atoms. The molecule has 1 fully saturated rings. The zero-order chi connectivity index (χ0) is 6.91. The van der Waals surface area contributed by atoms with E-state index in [9.17, 15) is 0 Å². The highest BCUT2D eigenvalue weighted by Crippen LogP contribution is 2.54. The molecule has 1 rings (SSSR count). The molecule has 1 aliphatic carbocycles. The zero-order valence-electron chi connectivity index (χ0n) is 5.80. The average molecular weight is 128 g/mol. The molecule has 0 amide bonds. The van der Waals surface area contributed by atoms with Crippen molar-refractivity contribution < 1.29 is 10.2 Å². The fourth-order valence-electron chi connectivity index (χ4n) is 1.43. The molecule has 1 saturated carbocycles. The number of hydrogen-bond donors (Lipinski definition) is 2. The van der Waals surface area contributed by atoms with Crippen molar-refractivity contribution in [2.75, 3.05) is 13.2 Å². The van der Waals surface area contributed by atoms with E-state index in [4.69, 9.17) is 10.2 Å². The van der Waals surface area contributed by atoms with E-state index < -0.39 is 0 Å². The molecule has 0 aromatic carbocycles. The Morgan fingerprint density at radius 1 is 1.56 bits per heavy atom. The molecule has 0 aliphatic heterocycles. The van der Waals surface area contributed by atoms with Gasteiger partial charge in [0.2, 0.25) is 0 Å². The first-order chi connectivity index (χ1) is 4.29. The summed E-state index contributed by atoms with van der Waals surface area (Å²) in [5.41, 5.74) is 0.106. The molecule has 3 heteroatoms. The van der Waals surface area contributed by atoms with Crippen LogP contribution in [0, 0.1) is 11.3 Å². The average Bonchev–Trinajstić information content (AvgIpc) is 2.63. The molecule has 52 valence electrons. The van der Waals surface area contributed by atoms with Crippen molar-refractivity contribution in [3.8, 4) is 0 Å². The molecule has 0 unspecified atom stereocenters. The highest BCUT2D eigenvalue weighted by atomic mass is 16.3. The number of aliphatic hydroxyl groups is 2. The summed E-state index contributed by atoms with van der Waals surface area (Å²) in [6.45, 7) is 0.489. The summed E-state index contributed by atoms with van der Waals surface area (Å²) in [5, 5.41) is 17.5. The van der Waals surface area contributed by atoms with Crippen LogP contribution in [0.25, 0.3) is 0 Å². The van der Waals surface area contributed by atoms with Crippen molar-refractivity contribution >= 4 is 7.85 Å². The molecule has 0 radical (unpaired) electrons. The molecule has 0 aromatic rings. The van der Waals surface area contributed by atoms with Gasteiger partial charge in [-0.25, -0.2) is 0 Å². The molecule has 0 saturated heterocycles. The smallest absolute Gasteiger partial charge is 0.102 e. The quantitative estimate of drug-likeness (QED) is 0.480. The Kier molecular flexibility index (Phi) is 1.82. The molecule has 9 heavy (non-hydrogen) atoms. The maximum atomic E-state index is 8.85. The summed E-state index contributed by atoms with van der Waals surface area (Å²) in [6.07, 6.45) is 2.01. The van der Waals surface area contributed by atoms with Gasteiger partial charge in [-0.2, -0.15) is 0 Å². The van der Waals surface area contributed by atoms with Gasteiger partial charge < -0.3 is 10.2 Å². The highest BCUT2D eigenvalue weighted by molar-refractivity contribution is 6.09. The van der Waals surface area contributed by atoms with E-state index in [1.54, 1.807) is 0 Å². The predicted molar refractivity (Wildman–Crippen MR) is 38.1 cm³/mol. The Labute approximate surface area is 56.3 Å². The third-order valence-electron chi connectivity index (χ3n) is 2.60. The van der Waals surface area contributed by atoms with Crippen molar-refractivity contribution in [1.29, 1.82) is 0 Å². The van der Waals surface area contributed by atoms with Gasteiger partial charge in [-0.3, -0.25) is 0 Å². The van der Waals surface area contributed by atoms with Gasteiger partial charge in [-0.1, -0.05) is 6.32 Å². The molecule has 2 atom stereocenters. The van der Waals surface area contributed by atoms with Crippen LogP contribution in [-0.2, 0) is 0 Å². The first-order valence-electron chi connectivity index (χ1n) is 3.51. The van der Waals surface area contributed by atoms with Crippen LogP contribution in [0.15, 0.2) is 0 Å². The second kappa shape index (κ2) is 2.31. The van der Waals surface area contributed by atoms with Gasteiger partial charge in [0.25, 0.3) is 0 Å². The second-order valence-corrected chi connectivity index (χ2v) is 2.96. The van der Waals surface area contributed by atoms with Crippen molar-refractivity contribution in [3.05, 3.63) is 0 Å². The van der Waals surface area contributed by atoms with Crippen LogP contribution < -0.4 is 0 Å². The van der Waals surface area contributed by atoms with E-state index in [1.165, 1.54) is 0 Å². The van der Waals surface area contributed by atoms with Gasteiger partial charge in [0.1, 0.15) is 7.85 Å². The lowest BCUT2D eigenvalue weighted by atomic mass is 9.87. The zero-order valence-corrected chi connectivity index (χ0v) is 5.80. The minimum atomic E-state index is 0.106. The Hall–Kier alpha value is -0.0151. The molecular weight excluding hydrogens is 115 g/mol. The molecular formula is C6H13BO2. The Morgan fingerprint density at radius 3 is 2.33 bits per heavy atom. The first-order valence-corrected chi connectivity index (χ1v) is 3.51. The minimum absolute atomic E-state index is 0.106. The van der Waals surface area contributed by atoms with E-state index in [2.05, 4.69) is 7.85 Å². The maximum absolute atomic E-state index is 8.85. The fourth-order valence-corrected chi connectivity index (χ4v) is 1.43. The van der Waals surface area contributed by atoms with Crippen LogP contribution in [0.4, 0.5) is 0 Å². The SMILES string of the molecule is BC[C@@]1(CO)C[C@@H]1CO. The third-order valence-corrected chi connectivity index (χ3v) is 2.60. The summed E-state index contributed by atoms with van der Waals surface area (Å²) < 4.78 is 0. The van der Waals surface area contributed by atoms with Crippen LogP contribution in [0.2, 0.25) is 6.32 Å². The topological polar surface area (TPSA) is 40.5 Å². The monoisotopic (exact) mass is 128 g/mol. The van der Waals surface area contributed by atoms with Crippen LogP contribution in [-0.4, -0.2) is 31.3 Å². The maximum Gasteiger partial charge on any atom is 0.102 e. The molecule has 2 nitrogen and oxygen atoms in total. The fraction of sp³-hybridized carbons (Fsp3) is 1.00. The van der Waals surface area contributed by atoms with Crippen molar-refractivity contribution in [1.82, 2.24) is 0 Å². The lowest BCUT2D eigenvalue weighted by Crippen LogP contribution is -2.10. The van der Waals surface area contributed by atoms with E-state index in [1.807, 2.05) is 0 Å². The first kappa shape index (κ1) is 7.10. The molecule has 0 bridgehead atoms. The third kappa shape index (κ3) is 0.991. The summed E-state index contributed by atoms with van der Waals surface area (Å²) in [5.74, 6) is 0.382. The lowest BCUT2D eigenvalue weighted by Gasteiger charge is -2.08. The van der Waals surface area contributed by atoms with Crippen molar-refractivity contribution in [2.24, 2.45) is 11.3 Å². The van der Waals surface area contributed by atoms with Gasteiger partial charge in [-0.15, -0.1) is 0 Å². The highest BCUT2D eigenvalue weighted by Gasteiger charge is 2.51. The van der Waals surface area contributed by atoms with E-state index in [0.29, 0.717) is 5.92 Å². The summed E-state index contributed by atoms with van der Waals surface area (Å²) in [7, 11) is 2.06. The normalized spacial score (nSPS) is 40.9. The minimum Gasteiger partial charge on any atom is -0.396 e. The van der Waals surface area contributed by atoms with Crippen LogP contribution in [0.1, 0.15) is 6.42 Å². The summed E-state index contributed by atoms with van der Waals surface area (Å²) in [6, 6.07) is 0. The van der Waals surface area contributed by atoms with Crippen LogP contribution in [0.3, 0.4) is 0 Å². The Morgan fingerprint density at radius 2 is 2.22 bits per heavy atom. The molecule has 0 aromatic heterocycles. The number of hydrogen-bond acceptors (Lipinski definition) is 2. The Balaban J connectivity index is 2.37. The summed E-state index contributed by atoms with van der Waals surface area (Å²) in [4.78, 5) is 0. The lowest BCUT2D eigenvalue weighted by molar-refractivity contribution is 0.185. The van der Waals surface area contributed by atoms with Gasteiger partial charge in [0, 0.05) is 13.2 Å². The van der Waals surface area contributed by atoms with Crippen molar-refractivity contribution in [2.45, 2.75) is 12.7 Å². The van der Waals surface area contributed by atoms with Crippen LogP contribution >= 0.6 is 0 Å². The van der Waals surface area contributed by atoms with E-state index in [0.717, 1.165) is 12.7 Å².